The van der Waals surface area contributed by atoms with Crippen LogP contribution in [0.1, 0.15) is 16.9 Å². The maximum Gasteiger partial charge on any atom is 0.264 e. The number of thioether (sulfide) groups is 1. The van der Waals surface area contributed by atoms with Gasteiger partial charge in [0.15, 0.2) is 5.17 Å². The van der Waals surface area contributed by atoms with Gasteiger partial charge in [-0.1, -0.05) is 35.3 Å². The van der Waals surface area contributed by atoms with Crippen LogP contribution < -0.4 is 5.32 Å². The van der Waals surface area contributed by atoms with Gasteiger partial charge in [-0.05, 0) is 73.1 Å². The van der Waals surface area contributed by atoms with Crippen LogP contribution in [0.15, 0.2) is 62.8 Å². The third-order valence-electron chi connectivity index (χ3n) is 4.48. The zero-order valence-corrected chi connectivity index (χ0v) is 18.0. The molecule has 0 saturated carbocycles. The van der Waals surface area contributed by atoms with Crippen molar-refractivity contribution in [2.24, 2.45) is 4.99 Å². The van der Waals surface area contributed by atoms with E-state index < -0.39 is 0 Å². The smallest absolute Gasteiger partial charge is 0.264 e. The fourth-order valence-corrected chi connectivity index (χ4v) is 4.03. The van der Waals surface area contributed by atoms with Gasteiger partial charge in [-0.15, -0.1) is 0 Å². The molecule has 146 valence electrons. The third-order valence-corrected chi connectivity index (χ3v) is 6.03. The summed E-state index contributed by atoms with van der Waals surface area (Å²) in [6, 6.07) is 14.8. The molecule has 0 aliphatic carbocycles. The summed E-state index contributed by atoms with van der Waals surface area (Å²) < 4.78 is 5.92. The van der Waals surface area contributed by atoms with Crippen molar-refractivity contribution in [1.29, 1.82) is 0 Å². The maximum absolute atomic E-state index is 12.3. The van der Waals surface area contributed by atoms with Crippen molar-refractivity contribution in [2.45, 2.75) is 13.8 Å². The van der Waals surface area contributed by atoms with E-state index in [1.165, 1.54) is 11.8 Å². The van der Waals surface area contributed by atoms with E-state index in [0.717, 1.165) is 22.4 Å². The number of nitrogens with one attached hydrogen (secondary N) is 1. The molecule has 2 heterocycles. The minimum absolute atomic E-state index is 0.217. The van der Waals surface area contributed by atoms with Crippen molar-refractivity contribution in [3.8, 4) is 11.3 Å². The Bertz CT molecular complexity index is 1180. The maximum atomic E-state index is 12.3. The molecule has 1 aliphatic heterocycles. The molecule has 2 aromatic carbocycles. The number of aliphatic imine (C=N–C) groups is 1. The van der Waals surface area contributed by atoms with Crippen molar-refractivity contribution in [3.63, 3.8) is 0 Å². The molecule has 0 unspecified atom stereocenters. The van der Waals surface area contributed by atoms with Gasteiger partial charge in [0.2, 0.25) is 0 Å². The van der Waals surface area contributed by atoms with Gasteiger partial charge in [0.05, 0.1) is 10.6 Å². The van der Waals surface area contributed by atoms with E-state index >= 15 is 0 Å². The highest BCUT2D eigenvalue weighted by atomic mass is 35.5. The zero-order chi connectivity index (χ0) is 20.5. The average Bonchev–Trinajstić information content (AvgIpc) is 3.28. The number of halogens is 2. The van der Waals surface area contributed by atoms with Gasteiger partial charge in [0, 0.05) is 21.7 Å². The molecule has 0 atom stereocenters. The number of rotatable bonds is 3. The minimum atomic E-state index is -0.217. The summed E-state index contributed by atoms with van der Waals surface area (Å²) >= 11 is 13.5. The predicted octanol–water partition coefficient (Wildman–Crippen LogP) is 6.76. The molecule has 0 bridgehead atoms. The molecular formula is C22H16Cl2N2O2S. The molecule has 1 saturated heterocycles. The molecule has 1 aliphatic rings. The van der Waals surface area contributed by atoms with Crippen LogP contribution in [0.3, 0.4) is 0 Å². The van der Waals surface area contributed by atoms with E-state index in [0.29, 0.717) is 31.6 Å². The molecule has 1 aromatic heterocycles. The van der Waals surface area contributed by atoms with Crippen molar-refractivity contribution in [3.05, 3.63) is 80.4 Å². The SMILES string of the molecule is Cc1ccc(Cl)cc1-c1ccc(/C=C2/SC(=Nc3cccc(Cl)c3C)NC2=O)o1. The number of amidine groups is 1. The van der Waals surface area contributed by atoms with Crippen LogP contribution in [0.25, 0.3) is 17.4 Å². The quantitative estimate of drug-likeness (QED) is 0.455. The fraction of sp³-hybridized carbons (Fsp3) is 0.0909. The monoisotopic (exact) mass is 442 g/mol. The second kappa shape index (κ2) is 8.11. The number of amides is 1. The number of nitrogens with zero attached hydrogens (tertiary/aromatic N) is 1. The number of aryl methyl sites for hydroxylation is 1. The summed E-state index contributed by atoms with van der Waals surface area (Å²) in [6.07, 6.45) is 1.71. The van der Waals surface area contributed by atoms with Gasteiger partial charge in [-0.25, -0.2) is 4.99 Å². The summed E-state index contributed by atoms with van der Waals surface area (Å²) in [6.45, 7) is 3.88. The number of hydrogen-bond acceptors (Lipinski definition) is 4. The van der Waals surface area contributed by atoms with Crippen molar-refractivity contribution < 1.29 is 9.21 Å². The van der Waals surface area contributed by atoms with E-state index in [2.05, 4.69) is 10.3 Å². The van der Waals surface area contributed by atoms with Gasteiger partial charge < -0.3 is 9.73 Å². The van der Waals surface area contributed by atoms with Crippen LogP contribution in [0.5, 0.6) is 0 Å². The predicted molar refractivity (Wildman–Crippen MR) is 121 cm³/mol. The lowest BCUT2D eigenvalue weighted by molar-refractivity contribution is -0.115. The lowest BCUT2D eigenvalue weighted by Gasteiger charge is -2.02. The lowest BCUT2D eigenvalue weighted by Crippen LogP contribution is -2.19. The molecule has 1 amide bonds. The Labute approximate surface area is 182 Å². The Morgan fingerprint density at radius 1 is 1.10 bits per heavy atom. The summed E-state index contributed by atoms with van der Waals surface area (Å²) in [5.41, 5.74) is 3.56. The Morgan fingerprint density at radius 2 is 1.93 bits per heavy atom. The Balaban J connectivity index is 1.59. The van der Waals surface area contributed by atoms with Gasteiger partial charge >= 0.3 is 0 Å². The van der Waals surface area contributed by atoms with Crippen LogP contribution in [-0.2, 0) is 4.79 Å². The van der Waals surface area contributed by atoms with Crippen LogP contribution >= 0.6 is 35.0 Å². The summed E-state index contributed by atoms with van der Waals surface area (Å²) in [4.78, 5) is 17.4. The Hall–Kier alpha value is -2.47. The molecule has 0 spiro atoms. The standard InChI is InChI=1S/C22H16Cl2N2O2S/c1-12-6-7-14(23)10-16(12)19-9-8-15(28-19)11-20-21(27)26-22(29-20)25-18-5-3-4-17(24)13(18)2/h3-11H,1-2H3,(H,25,26,27)/b20-11+. The highest BCUT2D eigenvalue weighted by Crippen LogP contribution is 2.33. The van der Waals surface area contributed by atoms with Gasteiger partial charge in [0.1, 0.15) is 11.5 Å². The molecule has 0 radical (unpaired) electrons. The molecule has 3 aromatic rings. The first-order valence-corrected chi connectivity index (χ1v) is 10.4. The Morgan fingerprint density at radius 3 is 2.76 bits per heavy atom. The highest BCUT2D eigenvalue weighted by Gasteiger charge is 2.24. The summed E-state index contributed by atoms with van der Waals surface area (Å²) in [5.74, 6) is 1.06. The molecule has 4 rings (SSSR count). The largest absolute Gasteiger partial charge is 0.457 e. The number of hydrogen-bond donors (Lipinski definition) is 1. The van der Waals surface area contributed by atoms with Crippen molar-refractivity contribution in [2.75, 3.05) is 0 Å². The average molecular weight is 443 g/mol. The number of carbonyl (C=O) groups is 1. The van der Waals surface area contributed by atoms with E-state index in [1.54, 1.807) is 6.08 Å². The molecule has 7 heteroatoms. The van der Waals surface area contributed by atoms with Crippen molar-refractivity contribution in [1.82, 2.24) is 5.32 Å². The van der Waals surface area contributed by atoms with Crippen molar-refractivity contribution >= 4 is 57.8 Å². The molecular weight excluding hydrogens is 427 g/mol. The number of carbonyl (C=O) groups excluding carboxylic acids is 1. The van der Waals surface area contributed by atoms with E-state index in [9.17, 15) is 4.79 Å². The highest BCUT2D eigenvalue weighted by molar-refractivity contribution is 8.18. The van der Waals surface area contributed by atoms with E-state index in [1.807, 2.05) is 62.4 Å². The topological polar surface area (TPSA) is 54.6 Å². The van der Waals surface area contributed by atoms with Crippen LogP contribution in [0, 0.1) is 13.8 Å². The normalized spacial score (nSPS) is 16.6. The molecule has 4 nitrogen and oxygen atoms in total. The second-order valence-electron chi connectivity index (χ2n) is 6.53. The summed E-state index contributed by atoms with van der Waals surface area (Å²) in [5, 5.41) is 4.56. The first-order valence-electron chi connectivity index (χ1n) is 8.82. The number of benzene rings is 2. The summed E-state index contributed by atoms with van der Waals surface area (Å²) in [7, 11) is 0. The van der Waals surface area contributed by atoms with E-state index in [4.69, 9.17) is 27.6 Å². The Kier molecular flexibility index (Phi) is 5.54. The first kappa shape index (κ1) is 19.8. The van der Waals surface area contributed by atoms with Gasteiger partial charge in [-0.2, -0.15) is 0 Å². The van der Waals surface area contributed by atoms with Crippen LogP contribution in [0.2, 0.25) is 10.0 Å². The van der Waals surface area contributed by atoms with E-state index in [-0.39, 0.29) is 5.91 Å². The minimum Gasteiger partial charge on any atom is -0.457 e. The zero-order valence-electron chi connectivity index (χ0n) is 15.6. The molecule has 1 fully saturated rings. The van der Waals surface area contributed by atoms with Crippen LogP contribution in [-0.4, -0.2) is 11.1 Å². The first-order chi connectivity index (χ1) is 13.9. The molecule has 1 N–H and O–H groups in total. The van der Waals surface area contributed by atoms with Gasteiger partial charge in [0.25, 0.3) is 5.91 Å². The van der Waals surface area contributed by atoms with Crippen LogP contribution in [0.4, 0.5) is 5.69 Å². The number of furan rings is 1. The van der Waals surface area contributed by atoms with Gasteiger partial charge in [-0.3, -0.25) is 4.79 Å². The second-order valence-corrected chi connectivity index (χ2v) is 8.40. The third kappa shape index (κ3) is 4.27. The lowest BCUT2D eigenvalue weighted by atomic mass is 10.1. The molecule has 29 heavy (non-hydrogen) atoms. The fourth-order valence-electron chi connectivity index (χ4n) is 2.87.